The molecule has 2 N–H and O–H groups in total. The van der Waals surface area contributed by atoms with Crippen LogP contribution >= 0.6 is 11.6 Å². The quantitative estimate of drug-likeness (QED) is 0.569. The van der Waals surface area contributed by atoms with Crippen LogP contribution in [-0.2, 0) is 9.59 Å². The van der Waals surface area contributed by atoms with E-state index < -0.39 is 0 Å². The van der Waals surface area contributed by atoms with Gasteiger partial charge in [-0.2, -0.15) is 0 Å². The van der Waals surface area contributed by atoms with Crippen LogP contribution < -0.4 is 10.6 Å². The largest absolute Gasteiger partial charge is 0.359 e. The summed E-state index contributed by atoms with van der Waals surface area (Å²) in [5.74, 6) is -0.413. The lowest BCUT2D eigenvalue weighted by Gasteiger charge is -2.00. The molecule has 0 saturated carbocycles. The summed E-state index contributed by atoms with van der Waals surface area (Å²) in [7, 11) is 1.55. The minimum Gasteiger partial charge on any atom is -0.359 e. The van der Waals surface area contributed by atoms with Gasteiger partial charge in [0.05, 0.1) is 0 Å². The standard InChI is InChI=1S/C6H11ClN2O2/c1-8-5(10)2-3-9-6(11)4-7/h2-4H2,1H3,(H,8,10)(H,9,11). The average molecular weight is 179 g/mol. The average Bonchev–Trinajstić information content (AvgIpc) is 2.04. The van der Waals surface area contributed by atoms with E-state index in [0.29, 0.717) is 13.0 Å². The highest BCUT2D eigenvalue weighted by atomic mass is 35.5. The van der Waals surface area contributed by atoms with Crippen molar-refractivity contribution in [1.29, 1.82) is 0 Å². The smallest absolute Gasteiger partial charge is 0.234 e. The molecule has 0 rings (SSSR count). The second-order valence-electron chi connectivity index (χ2n) is 1.91. The number of rotatable bonds is 4. The third-order valence-corrected chi connectivity index (χ3v) is 1.32. The number of hydrogen-bond acceptors (Lipinski definition) is 2. The molecule has 0 aromatic heterocycles. The zero-order valence-electron chi connectivity index (χ0n) is 6.32. The maximum atomic E-state index is 10.6. The first kappa shape index (κ1) is 10.2. The second-order valence-corrected chi connectivity index (χ2v) is 2.17. The number of carbonyl (C=O) groups excluding carboxylic acids is 2. The molecule has 0 radical (unpaired) electrons. The van der Waals surface area contributed by atoms with E-state index in [1.807, 2.05) is 0 Å². The van der Waals surface area contributed by atoms with E-state index in [0.717, 1.165) is 0 Å². The Morgan fingerprint density at radius 1 is 1.36 bits per heavy atom. The molecule has 0 aliphatic rings. The van der Waals surface area contributed by atoms with Gasteiger partial charge < -0.3 is 10.6 Å². The third-order valence-electron chi connectivity index (χ3n) is 1.07. The van der Waals surface area contributed by atoms with Crippen molar-refractivity contribution in [2.75, 3.05) is 19.5 Å². The van der Waals surface area contributed by atoms with Gasteiger partial charge in [0, 0.05) is 20.0 Å². The molecule has 5 heteroatoms. The number of alkyl halides is 1. The topological polar surface area (TPSA) is 58.2 Å². The van der Waals surface area contributed by atoms with Gasteiger partial charge >= 0.3 is 0 Å². The number of nitrogens with one attached hydrogen (secondary N) is 2. The van der Waals surface area contributed by atoms with Crippen molar-refractivity contribution < 1.29 is 9.59 Å². The minimum absolute atomic E-state index is 0.0618. The van der Waals surface area contributed by atoms with Crippen LogP contribution in [0.25, 0.3) is 0 Å². The maximum Gasteiger partial charge on any atom is 0.234 e. The van der Waals surface area contributed by atoms with Gasteiger partial charge in [0.15, 0.2) is 0 Å². The third kappa shape index (κ3) is 5.66. The lowest BCUT2D eigenvalue weighted by Crippen LogP contribution is -2.29. The first-order valence-electron chi connectivity index (χ1n) is 3.24. The Labute approximate surface area is 70.3 Å². The summed E-state index contributed by atoms with van der Waals surface area (Å²) in [6.45, 7) is 0.339. The predicted octanol–water partition coefficient (Wildman–Crippen LogP) is -0.523. The Kier molecular flexibility index (Phi) is 5.56. The van der Waals surface area contributed by atoms with Crippen molar-refractivity contribution >= 4 is 23.4 Å². The first-order valence-corrected chi connectivity index (χ1v) is 3.77. The molecule has 4 nitrogen and oxygen atoms in total. The summed E-state index contributed by atoms with van der Waals surface area (Å²) in [5, 5.41) is 4.90. The molecule has 0 heterocycles. The molecule has 0 spiro atoms. The first-order chi connectivity index (χ1) is 5.20. The maximum absolute atomic E-state index is 10.6. The van der Waals surface area contributed by atoms with Gasteiger partial charge in [-0.3, -0.25) is 9.59 Å². The second kappa shape index (κ2) is 5.97. The Bertz CT molecular complexity index is 134. The molecule has 64 valence electrons. The summed E-state index contributed by atoms with van der Waals surface area (Å²) in [4.78, 5) is 21.1. The van der Waals surface area contributed by atoms with Gasteiger partial charge in [-0.05, 0) is 0 Å². The molecule has 11 heavy (non-hydrogen) atoms. The van der Waals surface area contributed by atoms with Gasteiger partial charge in [-0.1, -0.05) is 0 Å². The summed E-state index contributed by atoms with van der Waals surface area (Å²) in [5.41, 5.74) is 0. The molecule has 0 aromatic carbocycles. The summed E-state index contributed by atoms with van der Waals surface area (Å²) in [6, 6.07) is 0. The van der Waals surface area contributed by atoms with Gasteiger partial charge in [0.1, 0.15) is 5.88 Å². The molecule has 0 aromatic rings. The van der Waals surface area contributed by atoms with Gasteiger partial charge in [0.2, 0.25) is 11.8 Å². The van der Waals surface area contributed by atoms with Crippen molar-refractivity contribution in [3.05, 3.63) is 0 Å². The van der Waals surface area contributed by atoms with Crippen LogP contribution in [0.4, 0.5) is 0 Å². The Morgan fingerprint density at radius 3 is 2.45 bits per heavy atom. The Hall–Kier alpha value is -0.770. The van der Waals surface area contributed by atoms with E-state index in [-0.39, 0.29) is 17.7 Å². The van der Waals surface area contributed by atoms with Crippen LogP contribution in [0.15, 0.2) is 0 Å². The predicted molar refractivity (Wildman–Crippen MR) is 42.4 cm³/mol. The van der Waals surface area contributed by atoms with E-state index in [1.165, 1.54) is 0 Å². The highest BCUT2D eigenvalue weighted by Crippen LogP contribution is 1.77. The van der Waals surface area contributed by atoms with Gasteiger partial charge in [-0.15, -0.1) is 11.6 Å². The van der Waals surface area contributed by atoms with Crippen molar-refractivity contribution in [1.82, 2.24) is 10.6 Å². The van der Waals surface area contributed by atoms with Crippen molar-refractivity contribution in [2.24, 2.45) is 0 Å². The van der Waals surface area contributed by atoms with E-state index in [4.69, 9.17) is 11.6 Å². The van der Waals surface area contributed by atoms with Crippen LogP contribution in [-0.4, -0.2) is 31.3 Å². The van der Waals surface area contributed by atoms with Crippen LogP contribution in [0.1, 0.15) is 6.42 Å². The zero-order valence-corrected chi connectivity index (χ0v) is 7.07. The molecule has 0 atom stereocenters. The molecule has 0 bridgehead atoms. The molecule has 0 aliphatic heterocycles. The van der Waals surface area contributed by atoms with Gasteiger partial charge in [0.25, 0.3) is 0 Å². The van der Waals surface area contributed by atoms with Crippen LogP contribution in [0, 0.1) is 0 Å². The minimum atomic E-state index is -0.254. The Morgan fingerprint density at radius 2 is 2.00 bits per heavy atom. The van der Waals surface area contributed by atoms with Crippen molar-refractivity contribution in [3.63, 3.8) is 0 Å². The SMILES string of the molecule is CNC(=O)CCNC(=O)CCl. The Balaban J connectivity index is 3.27. The fourth-order valence-electron chi connectivity index (χ4n) is 0.488. The van der Waals surface area contributed by atoms with E-state index >= 15 is 0 Å². The van der Waals surface area contributed by atoms with Crippen LogP contribution in [0.2, 0.25) is 0 Å². The van der Waals surface area contributed by atoms with Crippen molar-refractivity contribution in [3.8, 4) is 0 Å². The zero-order chi connectivity index (χ0) is 8.69. The molecule has 0 aliphatic carbocycles. The number of carbonyl (C=O) groups is 2. The molecule has 0 unspecified atom stereocenters. The summed E-state index contributed by atoms with van der Waals surface area (Å²) >= 11 is 5.19. The monoisotopic (exact) mass is 178 g/mol. The normalized spacial score (nSPS) is 8.91. The van der Waals surface area contributed by atoms with Crippen molar-refractivity contribution in [2.45, 2.75) is 6.42 Å². The fourth-order valence-corrected chi connectivity index (χ4v) is 0.582. The van der Waals surface area contributed by atoms with Gasteiger partial charge in [-0.25, -0.2) is 0 Å². The summed E-state index contributed by atoms with van der Waals surface area (Å²) < 4.78 is 0. The molecular formula is C6H11ClN2O2. The summed E-state index contributed by atoms with van der Waals surface area (Å²) in [6.07, 6.45) is 0.291. The molecular weight excluding hydrogens is 168 g/mol. The van der Waals surface area contributed by atoms with Crippen LogP contribution in [0.3, 0.4) is 0 Å². The lowest BCUT2D eigenvalue weighted by atomic mass is 10.4. The van der Waals surface area contributed by atoms with E-state index in [1.54, 1.807) is 7.05 Å². The van der Waals surface area contributed by atoms with Crippen LogP contribution in [0.5, 0.6) is 0 Å². The molecule has 2 amide bonds. The van der Waals surface area contributed by atoms with E-state index in [9.17, 15) is 9.59 Å². The molecule has 0 saturated heterocycles. The number of amides is 2. The van der Waals surface area contributed by atoms with E-state index in [2.05, 4.69) is 10.6 Å². The highest BCUT2D eigenvalue weighted by molar-refractivity contribution is 6.27. The molecule has 0 fully saturated rings. The fraction of sp³-hybridized carbons (Fsp3) is 0.667. The lowest BCUT2D eigenvalue weighted by molar-refractivity contribution is -0.121. The number of halogens is 1. The highest BCUT2D eigenvalue weighted by Gasteiger charge is 1.99. The number of hydrogen-bond donors (Lipinski definition) is 2.